The molecular formula is C19H19BrN2O3S. The van der Waals surface area contributed by atoms with Crippen molar-refractivity contribution in [2.24, 2.45) is 0 Å². The first-order chi connectivity index (χ1) is 12.5. The minimum atomic E-state index is -0.407. The van der Waals surface area contributed by atoms with E-state index in [0.717, 1.165) is 33.7 Å². The molecule has 7 heteroatoms. The maximum Gasteiger partial charge on any atom is 0.269 e. The molecule has 0 aliphatic carbocycles. The molecule has 0 amide bonds. The maximum atomic E-state index is 10.9. The molecule has 0 saturated carbocycles. The van der Waals surface area contributed by atoms with Crippen LogP contribution in [0, 0.1) is 10.1 Å². The van der Waals surface area contributed by atoms with Gasteiger partial charge in [0.25, 0.3) is 5.69 Å². The number of thiocarbonyl (C=S) groups is 1. The third kappa shape index (κ3) is 4.59. The number of benzene rings is 2. The van der Waals surface area contributed by atoms with E-state index in [9.17, 15) is 10.1 Å². The molecule has 1 fully saturated rings. The number of likely N-dealkylation sites (tertiary alicyclic amines) is 1. The first-order valence-electron chi connectivity index (χ1n) is 8.49. The van der Waals surface area contributed by atoms with Crippen LogP contribution in [0.25, 0.3) is 0 Å². The van der Waals surface area contributed by atoms with Gasteiger partial charge in [0.2, 0.25) is 0 Å². The van der Waals surface area contributed by atoms with Crippen LogP contribution >= 0.6 is 28.1 Å². The number of hydrogen-bond donors (Lipinski definition) is 0. The van der Waals surface area contributed by atoms with Crippen molar-refractivity contribution in [1.29, 1.82) is 0 Å². The van der Waals surface area contributed by atoms with Crippen molar-refractivity contribution in [3.63, 3.8) is 0 Å². The summed E-state index contributed by atoms with van der Waals surface area (Å²) >= 11 is 9.16. The summed E-state index contributed by atoms with van der Waals surface area (Å²) in [6.45, 7) is 2.29. The molecule has 26 heavy (non-hydrogen) atoms. The van der Waals surface area contributed by atoms with Crippen molar-refractivity contribution in [1.82, 2.24) is 4.90 Å². The number of non-ortho nitro benzene ring substituents is 1. The molecule has 1 aliphatic heterocycles. The van der Waals surface area contributed by atoms with Crippen LogP contribution in [0.4, 0.5) is 5.69 Å². The lowest BCUT2D eigenvalue weighted by Crippen LogP contribution is -2.34. The summed E-state index contributed by atoms with van der Waals surface area (Å²) < 4.78 is 6.63. The van der Waals surface area contributed by atoms with Gasteiger partial charge >= 0.3 is 0 Å². The molecule has 1 heterocycles. The quantitative estimate of drug-likeness (QED) is 0.372. The van der Waals surface area contributed by atoms with Gasteiger partial charge in [-0.1, -0.05) is 24.4 Å². The Bertz CT molecular complexity index is 822. The van der Waals surface area contributed by atoms with E-state index in [0.29, 0.717) is 5.75 Å². The second-order valence-corrected chi connectivity index (χ2v) is 7.45. The molecule has 0 atom stereocenters. The lowest BCUT2D eigenvalue weighted by atomic mass is 10.1. The summed E-state index contributed by atoms with van der Waals surface area (Å²) in [5, 5.41) is 10.9. The molecule has 5 nitrogen and oxygen atoms in total. The Kier molecular flexibility index (Phi) is 6.21. The van der Waals surface area contributed by atoms with Gasteiger partial charge < -0.3 is 9.64 Å². The van der Waals surface area contributed by atoms with Crippen LogP contribution in [0.3, 0.4) is 0 Å². The van der Waals surface area contributed by atoms with E-state index in [-0.39, 0.29) is 12.3 Å². The van der Waals surface area contributed by atoms with Gasteiger partial charge in [0.05, 0.1) is 9.40 Å². The van der Waals surface area contributed by atoms with E-state index in [2.05, 4.69) is 20.8 Å². The molecule has 3 rings (SSSR count). The van der Waals surface area contributed by atoms with E-state index < -0.39 is 4.92 Å². The van der Waals surface area contributed by atoms with Crippen LogP contribution in [-0.4, -0.2) is 27.9 Å². The van der Waals surface area contributed by atoms with Crippen molar-refractivity contribution in [2.75, 3.05) is 13.1 Å². The number of halogens is 1. The number of rotatable bonds is 5. The van der Waals surface area contributed by atoms with Gasteiger partial charge in [-0.25, -0.2) is 0 Å². The zero-order chi connectivity index (χ0) is 18.5. The van der Waals surface area contributed by atoms with E-state index >= 15 is 0 Å². The van der Waals surface area contributed by atoms with E-state index in [4.69, 9.17) is 17.0 Å². The summed E-state index contributed by atoms with van der Waals surface area (Å²) in [5.74, 6) is 0.682. The average Bonchev–Trinajstić information content (AvgIpc) is 2.67. The number of hydrogen-bond acceptors (Lipinski definition) is 4. The molecule has 0 radical (unpaired) electrons. The maximum absolute atomic E-state index is 10.9. The predicted octanol–water partition coefficient (Wildman–Crippen LogP) is 5.10. The fourth-order valence-electron chi connectivity index (χ4n) is 2.95. The first-order valence-corrected chi connectivity index (χ1v) is 9.69. The van der Waals surface area contributed by atoms with Gasteiger partial charge in [-0.05, 0) is 59.0 Å². The molecule has 2 aromatic rings. The van der Waals surface area contributed by atoms with Gasteiger partial charge in [0, 0.05) is 30.8 Å². The smallest absolute Gasteiger partial charge is 0.269 e. The summed E-state index contributed by atoms with van der Waals surface area (Å²) in [5.41, 5.74) is 1.81. The Morgan fingerprint density at radius 1 is 1.19 bits per heavy atom. The van der Waals surface area contributed by atoms with Crippen LogP contribution in [-0.2, 0) is 6.61 Å². The molecule has 1 saturated heterocycles. The number of nitro groups is 1. The molecule has 0 N–H and O–H groups in total. The predicted molar refractivity (Wildman–Crippen MR) is 109 cm³/mol. The summed E-state index contributed by atoms with van der Waals surface area (Å²) in [6.07, 6.45) is 3.64. The standard InChI is InChI=1S/C19H19BrN2O3S/c20-17-12-15(19(26)21-9-2-1-3-10-21)7-8-18(17)25-13-14-5-4-6-16(11-14)22(23)24/h4-8,11-12H,1-3,9-10,13H2. The van der Waals surface area contributed by atoms with Crippen molar-refractivity contribution >= 4 is 38.8 Å². The molecular weight excluding hydrogens is 416 g/mol. The largest absolute Gasteiger partial charge is 0.488 e. The van der Waals surface area contributed by atoms with Gasteiger partial charge in [0.1, 0.15) is 17.3 Å². The highest BCUT2D eigenvalue weighted by Gasteiger charge is 2.16. The molecule has 136 valence electrons. The Morgan fingerprint density at radius 2 is 1.96 bits per heavy atom. The molecule has 0 unspecified atom stereocenters. The van der Waals surface area contributed by atoms with Crippen molar-refractivity contribution in [3.05, 3.63) is 68.2 Å². The summed E-state index contributed by atoms with van der Waals surface area (Å²) in [6, 6.07) is 12.3. The minimum absolute atomic E-state index is 0.0624. The van der Waals surface area contributed by atoms with Crippen molar-refractivity contribution in [2.45, 2.75) is 25.9 Å². The highest BCUT2D eigenvalue weighted by Crippen LogP contribution is 2.28. The van der Waals surface area contributed by atoms with Crippen LogP contribution in [0.5, 0.6) is 5.75 Å². The topological polar surface area (TPSA) is 55.6 Å². The number of ether oxygens (including phenoxy) is 1. The van der Waals surface area contributed by atoms with Gasteiger partial charge in [-0.2, -0.15) is 0 Å². The van der Waals surface area contributed by atoms with E-state index in [1.165, 1.54) is 31.4 Å². The Balaban J connectivity index is 1.67. The number of nitro benzene ring substituents is 1. The minimum Gasteiger partial charge on any atom is -0.488 e. The SMILES string of the molecule is O=[N+]([O-])c1cccc(COc2ccc(C(=S)N3CCCCC3)cc2Br)c1. The Labute approximate surface area is 166 Å². The first kappa shape index (κ1) is 18.8. The fraction of sp³-hybridized carbons (Fsp3) is 0.316. The lowest BCUT2D eigenvalue weighted by Gasteiger charge is -2.29. The average molecular weight is 435 g/mol. The van der Waals surface area contributed by atoms with Crippen LogP contribution in [0.1, 0.15) is 30.4 Å². The molecule has 0 bridgehead atoms. The lowest BCUT2D eigenvalue weighted by molar-refractivity contribution is -0.384. The summed E-state index contributed by atoms with van der Waals surface area (Å²) in [4.78, 5) is 13.6. The summed E-state index contributed by atoms with van der Waals surface area (Å²) in [7, 11) is 0. The zero-order valence-corrected chi connectivity index (χ0v) is 16.6. The van der Waals surface area contributed by atoms with Gasteiger partial charge in [-0.15, -0.1) is 0 Å². The molecule has 0 spiro atoms. The van der Waals surface area contributed by atoms with Gasteiger partial charge in [-0.3, -0.25) is 10.1 Å². The van der Waals surface area contributed by atoms with Crippen LogP contribution in [0.2, 0.25) is 0 Å². The molecule has 2 aromatic carbocycles. The van der Waals surface area contributed by atoms with Crippen molar-refractivity contribution < 1.29 is 9.66 Å². The second kappa shape index (κ2) is 8.60. The highest BCUT2D eigenvalue weighted by atomic mass is 79.9. The Morgan fingerprint density at radius 3 is 2.65 bits per heavy atom. The fourth-order valence-corrected chi connectivity index (χ4v) is 3.75. The third-order valence-corrected chi connectivity index (χ3v) is 5.45. The Hall–Kier alpha value is -1.99. The third-order valence-electron chi connectivity index (χ3n) is 4.34. The second-order valence-electron chi connectivity index (χ2n) is 6.21. The number of nitrogens with zero attached hydrogens (tertiary/aromatic N) is 2. The monoisotopic (exact) mass is 434 g/mol. The van der Waals surface area contributed by atoms with E-state index in [1.54, 1.807) is 12.1 Å². The van der Waals surface area contributed by atoms with Crippen LogP contribution in [0.15, 0.2) is 46.9 Å². The van der Waals surface area contributed by atoms with E-state index in [1.807, 2.05) is 18.2 Å². The molecule has 1 aliphatic rings. The molecule has 0 aromatic heterocycles. The number of piperidine rings is 1. The van der Waals surface area contributed by atoms with Crippen molar-refractivity contribution in [3.8, 4) is 5.75 Å². The highest BCUT2D eigenvalue weighted by molar-refractivity contribution is 9.10. The van der Waals surface area contributed by atoms with Gasteiger partial charge in [0.15, 0.2) is 0 Å². The normalized spacial score (nSPS) is 14.1. The van der Waals surface area contributed by atoms with Crippen LogP contribution < -0.4 is 4.74 Å². The zero-order valence-electron chi connectivity index (χ0n) is 14.2.